The Morgan fingerprint density at radius 1 is 0.379 bits per heavy atom. The van der Waals surface area contributed by atoms with Gasteiger partial charge in [0.05, 0.1) is 17.6 Å². The molecule has 0 saturated carbocycles. The third-order valence-electron chi connectivity index (χ3n) is 19.5. The highest BCUT2D eigenvalue weighted by atomic mass is 16.6. The summed E-state index contributed by atoms with van der Waals surface area (Å²) in [5.74, 6) is -2.16. The molecule has 544 valence electrons. The molecule has 2 aliphatic heterocycles. The average molecular weight is 1330 g/mol. The van der Waals surface area contributed by atoms with Crippen molar-refractivity contribution in [2.24, 2.45) is 0 Å². The molecule has 14 heteroatoms. The predicted molar refractivity (Wildman–Crippen MR) is 392 cm³/mol. The molecular formula is C81H140N4O10. The molecule has 1 aromatic rings. The van der Waals surface area contributed by atoms with Gasteiger partial charge in [0, 0.05) is 25.7 Å². The highest BCUT2D eigenvalue weighted by molar-refractivity contribution is 5.81. The van der Waals surface area contributed by atoms with Crippen molar-refractivity contribution in [3.05, 3.63) is 44.1 Å². The molecule has 0 spiro atoms. The van der Waals surface area contributed by atoms with E-state index in [1.807, 2.05) is 26.0 Å². The van der Waals surface area contributed by atoms with E-state index in [4.69, 9.17) is 23.9 Å². The predicted octanol–water partition coefficient (Wildman–Crippen LogP) is 22.4. The van der Waals surface area contributed by atoms with E-state index in [1.54, 1.807) is 4.57 Å². The smallest absolute Gasteiger partial charge is 0.349 e. The van der Waals surface area contributed by atoms with Gasteiger partial charge in [-0.05, 0) is 62.8 Å². The van der Waals surface area contributed by atoms with Crippen LogP contribution < -0.4 is 11.2 Å². The molecule has 0 aromatic heterocycles. The van der Waals surface area contributed by atoms with Gasteiger partial charge < -0.3 is 23.5 Å². The zero-order valence-corrected chi connectivity index (χ0v) is 61.8. The summed E-state index contributed by atoms with van der Waals surface area (Å²) in [4.78, 5) is 95.4. The molecule has 0 unspecified atom stereocenters. The van der Waals surface area contributed by atoms with Crippen LogP contribution in [0.4, 0.5) is 0 Å². The SMILES string of the molecule is CCCCCCCCCCCCCCCC(=O)OC[C@@H](OC(=O)CCCCCCCCCCCCCCC)[C@@H](OC(=O)CCCCCCCCCCCCCCC)[C@H](Cn1c2nc(=O)[nH]c(=O)c-2nc2cc(C)c(C)cc21)OC(=O)CCCCCCCCCCCCCCC. The van der Waals surface area contributed by atoms with Gasteiger partial charge in [0.15, 0.2) is 29.8 Å². The van der Waals surface area contributed by atoms with Crippen LogP contribution in [-0.2, 0) is 44.7 Å². The van der Waals surface area contributed by atoms with Crippen molar-refractivity contribution in [1.29, 1.82) is 0 Å². The molecule has 0 amide bonds. The van der Waals surface area contributed by atoms with E-state index in [1.165, 1.54) is 212 Å². The van der Waals surface area contributed by atoms with E-state index in [9.17, 15) is 28.8 Å². The Morgan fingerprint density at radius 3 is 1.02 bits per heavy atom. The standard InChI is InChI=1S/C81H140N4O10/c1-7-11-15-19-23-27-31-35-39-43-47-51-55-59-73(86)92-66-72(94-75(88)61-57-53-49-45-41-37-33-29-25-21-17-13-9-3)78(95-76(89)62-58-54-50-46-42-38-34-30-26-22-18-14-10-4)71(93-74(87)60-56-52-48-44-40-36-32-28-24-20-16-12-8-2)65-85-70-64-68(6)67(5)63-69(70)82-77-79(85)83-81(91)84-80(77)90/h63-64,71-72,78H,7-62,65-66H2,1-6H3,(H,84,90,91)/t71-,72+,78-/m0/s1. The van der Waals surface area contributed by atoms with Gasteiger partial charge in [-0.15, -0.1) is 0 Å². The van der Waals surface area contributed by atoms with Crippen LogP contribution >= 0.6 is 0 Å². The Hall–Kier alpha value is -4.62. The molecule has 14 nitrogen and oxygen atoms in total. The zero-order valence-electron chi connectivity index (χ0n) is 61.8. The lowest BCUT2D eigenvalue weighted by atomic mass is 10.0. The molecule has 0 fully saturated rings. The van der Waals surface area contributed by atoms with Crippen LogP contribution in [0.25, 0.3) is 22.6 Å². The number of ether oxygens (including phenoxy) is 4. The molecule has 1 aromatic carbocycles. The summed E-state index contributed by atoms with van der Waals surface area (Å²) in [5, 5.41) is 0. The van der Waals surface area contributed by atoms with Crippen LogP contribution in [0.2, 0.25) is 0 Å². The highest BCUT2D eigenvalue weighted by Gasteiger charge is 2.40. The summed E-state index contributed by atoms with van der Waals surface area (Å²) >= 11 is 0. The Balaban J connectivity index is 1.96. The number of hydrogen-bond acceptors (Lipinski definition) is 12. The number of benzene rings is 1. The third-order valence-corrected chi connectivity index (χ3v) is 19.5. The van der Waals surface area contributed by atoms with Crippen LogP contribution in [-0.4, -0.2) is 68.3 Å². The Morgan fingerprint density at radius 2 is 0.674 bits per heavy atom. The summed E-state index contributed by atoms with van der Waals surface area (Å²) in [6.45, 7) is 12.2. The third kappa shape index (κ3) is 41.4. The van der Waals surface area contributed by atoms with E-state index < -0.39 is 60.0 Å². The number of unbranched alkanes of at least 4 members (excludes halogenated alkanes) is 48. The van der Waals surface area contributed by atoms with Crippen LogP contribution in [0.5, 0.6) is 0 Å². The lowest BCUT2D eigenvalue weighted by Crippen LogP contribution is -2.50. The van der Waals surface area contributed by atoms with Crippen molar-refractivity contribution in [2.75, 3.05) is 6.61 Å². The van der Waals surface area contributed by atoms with Crippen LogP contribution in [0, 0.1) is 13.8 Å². The maximum atomic E-state index is 14.6. The number of fused-ring (bicyclic) bond motifs is 2. The Bertz CT molecular complexity index is 2510. The first-order chi connectivity index (χ1) is 46.4. The number of carbonyl (C=O) groups is 4. The number of hydrogen-bond donors (Lipinski definition) is 1. The second-order valence-electron chi connectivity index (χ2n) is 28.4. The molecular weight excluding hydrogens is 1190 g/mol. The lowest BCUT2D eigenvalue weighted by Gasteiger charge is -2.33. The lowest BCUT2D eigenvalue weighted by molar-refractivity contribution is -0.193. The van der Waals surface area contributed by atoms with E-state index in [0.29, 0.717) is 36.7 Å². The highest BCUT2D eigenvalue weighted by Crippen LogP contribution is 2.29. The first-order valence-electron chi connectivity index (χ1n) is 40.1. The van der Waals surface area contributed by atoms with Gasteiger partial charge in [0.1, 0.15) is 6.61 Å². The van der Waals surface area contributed by atoms with Crippen molar-refractivity contribution in [2.45, 2.75) is 426 Å². The normalized spacial score (nSPS) is 12.6. The minimum atomic E-state index is -1.48. The van der Waals surface area contributed by atoms with Crippen molar-refractivity contribution in [1.82, 2.24) is 19.5 Å². The van der Waals surface area contributed by atoms with Crippen molar-refractivity contribution in [3.8, 4) is 11.5 Å². The van der Waals surface area contributed by atoms with Gasteiger partial charge in [0.25, 0.3) is 5.56 Å². The van der Waals surface area contributed by atoms with Crippen LogP contribution in [0.15, 0.2) is 21.7 Å². The fourth-order valence-electron chi connectivity index (χ4n) is 13.3. The minimum absolute atomic E-state index is 0.0516. The Kier molecular flexibility index (Phi) is 51.0. The molecule has 3 atom stereocenters. The number of nitrogens with zero attached hydrogens (tertiary/aromatic N) is 3. The second kappa shape index (κ2) is 57.3. The monoisotopic (exact) mass is 1330 g/mol. The summed E-state index contributed by atoms with van der Waals surface area (Å²) < 4.78 is 27.3. The fraction of sp³-hybridized carbons (Fsp3) is 0.827. The van der Waals surface area contributed by atoms with E-state index >= 15 is 0 Å². The number of aryl methyl sites for hydroxylation is 2. The molecule has 2 aliphatic rings. The molecule has 3 rings (SSSR count). The molecule has 0 radical (unpaired) electrons. The van der Waals surface area contributed by atoms with Gasteiger partial charge >= 0.3 is 29.6 Å². The quantitative estimate of drug-likeness (QED) is 0.0244. The Labute approximate surface area is 578 Å². The largest absolute Gasteiger partial charge is 0.462 e. The van der Waals surface area contributed by atoms with Gasteiger partial charge in [-0.25, -0.2) is 9.78 Å². The number of carbonyl (C=O) groups excluding carboxylic acids is 4. The van der Waals surface area contributed by atoms with E-state index in [2.05, 4.69) is 37.7 Å². The summed E-state index contributed by atoms with van der Waals surface area (Å²) in [6, 6.07) is 3.74. The summed E-state index contributed by atoms with van der Waals surface area (Å²) in [7, 11) is 0. The van der Waals surface area contributed by atoms with E-state index in [-0.39, 0.29) is 43.7 Å². The molecule has 0 aliphatic carbocycles. The maximum Gasteiger partial charge on any atom is 0.349 e. The van der Waals surface area contributed by atoms with Crippen LogP contribution in [0.1, 0.15) is 398 Å². The average Bonchev–Trinajstić information content (AvgIpc) is 0.756. The summed E-state index contributed by atoms with van der Waals surface area (Å²) in [5.41, 5.74) is 1.02. The number of aromatic nitrogens is 4. The molecule has 1 N–H and O–H groups in total. The topological polar surface area (TPSA) is 186 Å². The maximum absolute atomic E-state index is 14.6. The number of nitrogens with one attached hydrogen (secondary N) is 1. The molecule has 0 saturated heterocycles. The zero-order chi connectivity index (χ0) is 68.6. The van der Waals surface area contributed by atoms with Gasteiger partial charge in [-0.2, -0.15) is 4.98 Å². The number of aromatic amines is 1. The summed E-state index contributed by atoms with van der Waals surface area (Å²) in [6.07, 6.45) is 56.1. The number of H-pyrrole nitrogens is 1. The number of rotatable bonds is 65. The molecule has 2 heterocycles. The van der Waals surface area contributed by atoms with Crippen molar-refractivity contribution < 1.29 is 38.1 Å². The molecule has 95 heavy (non-hydrogen) atoms. The van der Waals surface area contributed by atoms with E-state index in [0.717, 1.165) is 107 Å². The minimum Gasteiger partial charge on any atom is -0.462 e. The fourth-order valence-corrected chi connectivity index (χ4v) is 13.3. The van der Waals surface area contributed by atoms with Crippen LogP contribution in [0.3, 0.4) is 0 Å². The molecule has 0 bridgehead atoms. The number of esters is 4. The van der Waals surface area contributed by atoms with Crippen molar-refractivity contribution >= 4 is 34.9 Å². The van der Waals surface area contributed by atoms with Gasteiger partial charge in [-0.1, -0.05) is 336 Å². The first-order valence-corrected chi connectivity index (χ1v) is 40.1. The van der Waals surface area contributed by atoms with Gasteiger partial charge in [0.2, 0.25) is 0 Å². The second-order valence-corrected chi connectivity index (χ2v) is 28.4. The van der Waals surface area contributed by atoms with Crippen molar-refractivity contribution in [3.63, 3.8) is 0 Å². The first kappa shape index (κ1) is 84.6. The van der Waals surface area contributed by atoms with Gasteiger partial charge in [-0.3, -0.25) is 29.0 Å².